The zero-order valence-electron chi connectivity index (χ0n) is 16.3. The minimum absolute atomic E-state index is 0.0121. The third-order valence-electron chi connectivity index (χ3n) is 5.23. The fourth-order valence-electron chi connectivity index (χ4n) is 3.89. The average Bonchev–Trinajstić information content (AvgIpc) is 3.26. The smallest absolute Gasteiger partial charge is 0.232 e. The molecule has 1 aromatic heterocycles. The van der Waals surface area contributed by atoms with Gasteiger partial charge in [0.2, 0.25) is 5.91 Å². The highest BCUT2D eigenvalue weighted by molar-refractivity contribution is 8.02. The van der Waals surface area contributed by atoms with Crippen LogP contribution in [-0.2, 0) is 11.3 Å². The fourth-order valence-corrected chi connectivity index (χ4v) is 5.09. The van der Waals surface area contributed by atoms with Crippen molar-refractivity contribution in [2.45, 2.75) is 18.9 Å². The van der Waals surface area contributed by atoms with Crippen molar-refractivity contribution in [3.8, 4) is 17.6 Å². The van der Waals surface area contributed by atoms with E-state index in [1.54, 1.807) is 37.1 Å². The van der Waals surface area contributed by atoms with Gasteiger partial charge in [0.15, 0.2) is 23.9 Å². The number of para-hydroxylation sites is 1. The van der Waals surface area contributed by atoms with Crippen molar-refractivity contribution >= 4 is 17.7 Å². The van der Waals surface area contributed by atoms with E-state index in [-0.39, 0.29) is 18.2 Å². The molecule has 1 saturated heterocycles. The van der Waals surface area contributed by atoms with Crippen molar-refractivity contribution < 1.29 is 23.6 Å². The molecule has 0 saturated carbocycles. The number of nitriles is 1. The molecule has 8 heteroatoms. The van der Waals surface area contributed by atoms with Gasteiger partial charge in [0.1, 0.15) is 17.5 Å². The van der Waals surface area contributed by atoms with Crippen LogP contribution in [0, 0.1) is 11.3 Å². The first-order valence-corrected chi connectivity index (χ1v) is 10.3. The predicted molar refractivity (Wildman–Crippen MR) is 107 cm³/mol. The van der Waals surface area contributed by atoms with E-state index < -0.39 is 0 Å². The molecule has 2 atom stereocenters. The molecule has 1 fully saturated rings. The summed E-state index contributed by atoms with van der Waals surface area (Å²) in [6.45, 7) is 1.22. The van der Waals surface area contributed by atoms with E-state index in [4.69, 9.17) is 13.9 Å². The number of carbonyl (C=O) groups is 1. The number of fused-ring (bicyclic) bond motifs is 1. The number of amides is 1. The SMILES string of the molecule is COc1cccc([C@H]2CC(=O)N3C[NH+](Cc4ccco4)CSC3=C2C#N)c1OC. The lowest BCUT2D eigenvalue weighted by Crippen LogP contribution is -3.12. The van der Waals surface area contributed by atoms with E-state index in [2.05, 4.69) is 6.07 Å². The van der Waals surface area contributed by atoms with Gasteiger partial charge in [-0.05, 0) is 30.0 Å². The van der Waals surface area contributed by atoms with Crippen molar-refractivity contribution in [3.63, 3.8) is 0 Å². The van der Waals surface area contributed by atoms with Crippen LogP contribution >= 0.6 is 11.8 Å². The summed E-state index contributed by atoms with van der Waals surface area (Å²) in [4.78, 5) is 16.0. The number of furan rings is 1. The van der Waals surface area contributed by atoms with Crippen molar-refractivity contribution in [1.29, 1.82) is 5.26 Å². The highest BCUT2D eigenvalue weighted by Gasteiger charge is 2.41. The third-order valence-corrected chi connectivity index (χ3v) is 6.50. The largest absolute Gasteiger partial charge is 0.493 e. The lowest BCUT2D eigenvalue weighted by atomic mass is 9.85. The first-order chi connectivity index (χ1) is 14.2. The molecule has 1 unspecified atom stereocenters. The van der Waals surface area contributed by atoms with Crippen molar-refractivity contribution in [2.75, 3.05) is 26.8 Å². The Morgan fingerprint density at radius 2 is 2.17 bits per heavy atom. The first kappa shape index (κ1) is 19.4. The number of hydrogen-bond acceptors (Lipinski definition) is 6. The number of benzene rings is 1. The summed E-state index contributed by atoms with van der Waals surface area (Å²) in [6, 6.07) is 11.7. The summed E-state index contributed by atoms with van der Waals surface area (Å²) in [7, 11) is 3.15. The van der Waals surface area contributed by atoms with E-state index >= 15 is 0 Å². The lowest BCUT2D eigenvalue weighted by Gasteiger charge is -2.39. The highest BCUT2D eigenvalue weighted by atomic mass is 32.2. The number of hydrogen-bond donors (Lipinski definition) is 1. The molecule has 0 spiro atoms. The molecular weight excluding hydrogens is 390 g/mol. The Bertz CT molecular complexity index is 980. The molecule has 0 radical (unpaired) electrons. The Kier molecular flexibility index (Phi) is 5.51. The van der Waals surface area contributed by atoms with Gasteiger partial charge in [0, 0.05) is 17.9 Å². The Morgan fingerprint density at radius 1 is 1.31 bits per heavy atom. The molecule has 29 heavy (non-hydrogen) atoms. The van der Waals surface area contributed by atoms with Gasteiger partial charge >= 0.3 is 0 Å². The molecule has 4 rings (SSSR count). The van der Waals surface area contributed by atoms with Crippen molar-refractivity contribution in [1.82, 2.24) is 4.90 Å². The van der Waals surface area contributed by atoms with Crippen molar-refractivity contribution in [2.24, 2.45) is 0 Å². The number of carbonyl (C=O) groups excluding carboxylic acids is 1. The van der Waals surface area contributed by atoms with Crippen LogP contribution < -0.4 is 14.4 Å². The molecule has 1 aromatic carbocycles. The Morgan fingerprint density at radius 3 is 2.86 bits per heavy atom. The van der Waals surface area contributed by atoms with Crippen LogP contribution in [0.15, 0.2) is 51.6 Å². The molecule has 0 aliphatic carbocycles. The number of allylic oxidation sites excluding steroid dienone is 1. The molecule has 3 heterocycles. The van der Waals surface area contributed by atoms with Gasteiger partial charge in [-0.25, -0.2) is 0 Å². The summed E-state index contributed by atoms with van der Waals surface area (Å²) < 4.78 is 16.4. The Balaban J connectivity index is 1.66. The summed E-state index contributed by atoms with van der Waals surface area (Å²) in [6.07, 6.45) is 1.88. The summed E-state index contributed by atoms with van der Waals surface area (Å²) >= 11 is 1.55. The first-order valence-electron chi connectivity index (χ1n) is 9.30. The maximum Gasteiger partial charge on any atom is 0.232 e. The molecule has 1 amide bonds. The number of nitrogens with one attached hydrogen (secondary N) is 1. The second kappa shape index (κ2) is 8.23. The predicted octanol–water partition coefficient (Wildman–Crippen LogP) is 2.09. The summed E-state index contributed by atoms with van der Waals surface area (Å²) in [5, 5.41) is 10.7. The number of methoxy groups -OCH3 is 2. The Labute approximate surface area is 173 Å². The van der Waals surface area contributed by atoms with Gasteiger partial charge < -0.3 is 18.8 Å². The number of rotatable bonds is 5. The topological polar surface area (TPSA) is 80.1 Å². The van der Waals surface area contributed by atoms with Gasteiger partial charge in [-0.3, -0.25) is 9.69 Å². The molecule has 150 valence electrons. The zero-order chi connectivity index (χ0) is 20.4. The van der Waals surface area contributed by atoms with Gasteiger partial charge in [-0.15, -0.1) is 0 Å². The molecule has 2 aromatic rings. The average molecular weight is 412 g/mol. The van der Waals surface area contributed by atoms with Gasteiger partial charge in [0.05, 0.1) is 32.1 Å². The van der Waals surface area contributed by atoms with E-state index in [0.717, 1.165) is 22.2 Å². The van der Waals surface area contributed by atoms with Crippen LogP contribution in [0.5, 0.6) is 11.5 Å². The minimum atomic E-state index is -0.345. The fraction of sp³-hybridized carbons (Fsp3) is 0.333. The van der Waals surface area contributed by atoms with Crippen LogP contribution in [0.25, 0.3) is 0 Å². The minimum Gasteiger partial charge on any atom is -0.493 e. The zero-order valence-corrected chi connectivity index (χ0v) is 17.1. The molecule has 0 bridgehead atoms. The monoisotopic (exact) mass is 412 g/mol. The van der Waals surface area contributed by atoms with E-state index in [0.29, 0.717) is 30.3 Å². The highest BCUT2D eigenvalue weighted by Crippen LogP contribution is 2.45. The van der Waals surface area contributed by atoms with Gasteiger partial charge in [-0.1, -0.05) is 12.1 Å². The van der Waals surface area contributed by atoms with Crippen LogP contribution in [0.1, 0.15) is 23.7 Å². The van der Waals surface area contributed by atoms with E-state index in [1.165, 1.54) is 4.90 Å². The molecule has 1 N–H and O–H groups in total. The van der Waals surface area contributed by atoms with E-state index in [1.807, 2.05) is 30.3 Å². The maximum atomic E-state index is 13.0. The van der Waals surface area contributed by atoms with Crippen LogP contribution in [0.2, 0.25) is 0 Å². The second-order valence-corrected chi connectivity index (χ2v) is 7.91. The quantitative estimate of drug-likeness (QED) is 0.810. The lowest BCUT2D eigenvalue weighted by molar-refractivity contribution is -0.911. The van der Waals surface area contributed by atoms with E-state index in [9.17, 15) is 10.1 Å². The molecule has 2 aliphatic rings. The number of ether oxygens (including phenoxy) is 2. The number of nitrogens with zero attached hydrogens (tertiary/aromatic N) is 2. The summed E-state index contributed by atoms with van der Waals surface area (Å²) in [5.41, 5.74) is 1.41. The standard InChI is InChI=1S/C21H21N3O4S/c1-26-18-7-3-6-15(20(18)27-2)16-9-19(25)24-12-23(11-14-5-4-8-28-14)13-29-21(24)17(16)10-22/h3-8,16H,9,11-13H2,1-2H3/p+1/t16-/m1/s1. The summed E-state index contributed by atoms with van der Waals surface area (Å²) in [5.74, 6) is 2.47. The third kappa shape index (κ3) is 3.59. The van der Waals surface area contributed by atoms with Gasteiger partial charge in [-0.2, -0.15) is 5.26 Å². The maximum absolute atomic E-state index is 13.0. The van der Waals surface area contributed by atoms with Crippen molar-refractivity contribution in [3.05, 3.63) is 58.5 Å². The van der Waals surface area contributed by atoms with Crippen LogP contribution in [0.3, 0.4) is 0 Å². The van der Waals surface area contributed by atoms with Crippen LogP contribution in [-0.4, -0.2) is 37.6 Å². The normalized spacial score (nSPS) is 21.6. The molecule has 2 aliphatic heterocycles. The Hall–Kier alpha value is -2.89. The molecule has 7 nitrogen and oxygen atoms in total. The number of quaternary nitrogens is 1. The van der Waals surface area contributed by atoms with Gasteiger partial charge in [0.25, 0.3) is 0 Å². The number of thioether (sulfide) groups is 1. The second-order valence-electron chi connectivity index (χ2n) is 6.94. The molecular formula is C21H22N3O4S+. The van der Waals surface area contributed by atoms with Crippen LogP contribution in [0.4, 0.5) is 0 Å².